The fraction of sp³-hybridized carbons (Fsp3) is 0.188. The lowest BCUT2D eigenvalue weighted by Crippen LogP contribution is -2.30. The van der Waals surface area contributed by atoms with E-state index in [0.717, 1.165) is 10.0 Å². The van der Waals surface area contributed by atoms with E-state index < -0.39 is 0 Å². The largest absolute Gasteiger partial charge is 0.326 e. The molecule has 0 saturated heterocycles. The molecule has 110 valence electrons. The zero-order valence-electron chi connectivity index (χ0n) is 11.5. The van der Waals surface area contributed by atoms with Gasteiger partial charge in [0.2, 0.25) is 5.91 Å². The highest BCUT2D eigenvalue weighted by atomic mass is 79.9. The number of benzene rings is 2. The average Bonchev–Trinajstić information content (AvgIpc) is 2.50. The summed E-state index contributed by atoms with van der Waals surface area (Å²) in [5, 5.41) is 3.39. The van der Waals surface area contributed by atoms with Gasteiger partial charge >= 0.3 is 0 Å². The summed E-state index contributed by atoms with van der Waals surface area (Å²) in [6, 6.07) is 14.5. The first-order chi connectivity index (χ1) is 9.99. The van der Waals surface area contributed by atoms with Crippen molar-refractivity contribution in [2.45, 2.75) is 13.0 Å². The van der Waals surface area contributed by atoms with Gasteiger partial charge in [0.1, 0.15) is 0 Å². The molecule has 0 saturated carbocycles. The Hall–Kier alpha value is -1.36. The number of anilines is 1. The van der Waals surface area contributed by atoms with Crippen LogP contribution in [0.4, 0.5) is 5.69 Å². The zero-order valence-corrected chi connectivity index (χ0v) is 13.9. The van der Waals surface area contributed by atoms with E-state index in [1.54, 1.807) is 18.2 Å². The fourth-order valence-electron chi connectivity index (χ4n) is 1.96. The molecule has 3 N–H and O–H groups in total. The highest BCUT2D eigenvalue weighted by molar-refractivity contribution is 9.10. The Morgan fingerprint density at radius 1 is 1.24 bits per heavy atom. The maximum absolute atomic E-state index is 12.3. The Labute approximate surface area is 137 Å². The van der Waals surface area contributed by atoms with Gasteiger partial charge in [-0.3, -0.25) is 4.79 Å². The predicted molar refractivity (Wildman–Crippen MR) is 90.3 cm³/mol. The summed E-state index contributed by atoms with van der Waals surface area (Å²) in [4.78, 5) is 12.3. The van der Waals surface area contributed by atoms with Gasteiger partial charge in [-0.1, -0.05) is 48.9 Å². The number of halogens is 2. The van der Waals surface area contributed by atoms with Crippen LogP contribution in [0.25, 0.3) is 0 Å². The predicted octanol–water partition coefficient (Wildman–Crippen LogP) is 4.38. The first kappa shape index (κ1) is 16.0. The lowest BCUT2D eigenvalue weighted by atomic mass is 9.94. The molecule has 1 amide bonds. The second kappa shape index (κ2) is 7.07. The third kappa shape index (κ3) is 4.06. The molecule has 2 unspecified atom stereocenters. The molecule has 5 heteroatoms. The third-order valence-electron chi connectivity index (χ3n) is 3.32. The van der Waals surface area contributed by atoms with Crippen LogP contribution in [0.5, 0.6) is 0 Å². The third-order valence-corrected chi connectivity index (χ3v) is 4.56. The van der Waals surface area contributed by atoms with E-state index >= 15 is 0 Å². The molecule has 0 heterocycles. The Balaban J connectivity index is 2.07. The second-order valence-electron chi connectivity index (χ2n) is 4.84. The Kier molecular flexibility index (Phi) is 5.39. The van der Waals surface area contributed by atoms with E-state index in [1.807, 2.05) is 37.3 Å². The molecule has 0 aliphatic carbocycles. The molecule has 2 atom stereocenters. The van der Waals surface area contributed by atoms with Crippen LogP contribution in [0.3, 0.4) is 0 Å². The van der Waals surface area contributed by atoms with Crippen LogP contribution in [0.15, 0.2) is 53.0 Å². The first-order valence-electron chi connectivity index (χ1n) is 6.55. The van der Waals surface area contributed by atoms with Crippen molar-refractivity contribution >= 4 is 39.1 Å². The molecule has 0 spiro atoms. The molecular formula is C16H16BrClN2O. The van der Waals surface area contributed by atoms with Crippen molar-refractivity contribution in [1.82, 2.24) is 0 Å². The van der Waals surface area contributed by atoms with Gasteiger partial charge in [0.25, 0.3) is 0 Å². The summed E-state index contributed by atoms with van der Waals surface area (Å²) in [7, 11) is 0. The summed E-state index contributed by atoms with van der Waals surface area (Å²) in [5.41, 5.74) is 7.74. The molecule has 0 bridgehead atoms. The summed E-state index contributed by atoms with van der Waals surface area (Å²) in [6.45, 7) is 1.81. The molecule has 2 aromatic carbocycles. The number of hydrogen-bond donors (Lipinski definition) is 2. The molecule has 2 aromatic rings. The number of nitrogens with two attached hydrogens (primary N) is 1. The minimum absolute atomic E-state index is 0.134. The van der Waals surface area contributed by atoms with E-state index in [4.69, 9.17) is 17.3 Å². The minimum atomic E-state index is -0.352. The number of carbonyl (C=O) groups is 1. The number of amides is 1. The van der Waals surface area contributed by atoms with Gasteiger partial charge in [0.05, 0.1) is 10.9 Å². The maximum Gasteiger partial charge on any atom is 0.229 e. The monoisotopic (exact) mass is 366 g/mol. The van der Waals surface area contributed by atoms with Crippen LogP contribution in [0, 0.1) is 5.92 Å². The second-order valence-corrected chi connectivity index (χ2v) is 6.10. The van der Waals surface area contributed by atoms with E-state index in [2.05, 4.69) is 21.2 Å². The van der Waals surface area contributed by atoms with Crippen LogP contribution in [0.2, 0.25) is 5.02 Å². The quantitative estimate of drug-likeness (QED) is 0.842. The van der Waals surface area contributed by atoms with Crippen LogP contribution in [0.1, 0.15) is 18.5 Å². The highest BCUT2D eigenvalue weighted by Gasteiger charge is 2.22. The van der Waals surface area contributed by atoms with Crippen molar-refractivity contribution < 1.29 is 4.79 Å². The molecule has 21 heavy (non-hydrogen) atoms. The van der Waals surface area contributed by atoms with Gasteiger partial charge in [0, 0.05) is 16.2 Å². The van der Waals surface area contributed by atoms with Crippen molar-refractivity contribution in [3.63, 3.8) is 0 Å². The molecule has 0 fully saturated rings. The fourth-order valence-corrected chi connectivity index (χ4v) is 2.38. The molecule has 0 aromatic heterocycles. The van der Waals surface area contributed by atoms with Crippen molar-refractivity contribution in [2.24, 2.45) is 11.7 Å². The van der Waals surface area contributed by atoms with Gasteiger partial charge in [-0.2, -0.15) is 0 Å². The van der Waals surface area contributed by atoms with E-state index in [9.17, 15) is 4.79 Å². The van der Waals surface area contributed by atoms with Crippen LogP contribution in [-0.4, -0.2) is 5.91 Å². The van der Waals surface area contributed by atoms with Crippen LogP contribution >= 0.6 is 27.5 Å². The lowest BCUT2D eigenvalue weighted by Gasteiger charge is -2.20. The van der Waals surface area contributed by atoms with E-state index in [-0.39, 0.29) is 17.9 Å². The number of rotatable bonds is 4. The molecule has 0 aliphatic heterocycles. The SMILES string of the molecule is CC(C(=O)Nc1ccc(Br)c(Cl)c1)C(N)c1ccccc1. The highest BCUT2D eigenvalue weighted by Crippen LogP contribution is 2.26. The molecule has 2 rings (SSSR count). The number of carbonyl (C=O) groups excluding carboxylic acids is 1. The van der Waals surface area contributed by atoms with Gasteiger partial charge < -0.3 is 11.1 Å². The smallest absolute Gasteiger partial charge is 0.229 e. The average molecular weight is 368 g/mol. The molecular weight excluding hydrogens is 352 g/mol. The topological polar surface area (TPSA) is 55.1 Å². The van der Waals surface area contributed by atoms with E-state index in [0.29, 0.717) is 10.7 Å². The minimum Gasteiger partial charge on any atom is -0.326 e. The number of hydrogen-bond acceptors (Lipinski definition) is 2. The normalized spacial score (nSPS) is 13.5. The van der Waals surface area contributed by atoms with Gasteiger partial charge in [-0.05, 0) is 39.7 Å². The van der Waals surface area contributed by atoms with Crippen molar-refractivity contribution in [1.29, 1.82) is 0 Å². The lowest BCUT2D eigenvalue weighted by molar-refractivity contribution is -0.120. The summed E-state index contributed by atoms with van der Waals surface area (Å²) in [5.74, 6) is -0.487. The van der Waals surface area contributed by atoms with Gasteiger partial charge in [0.15, 0.2) is 0 Å². The summed E-state index contributed by atoms with van der Waals surface area (Å²) < 4.78 is 0.788. The zero-order chi connectivity index (χ0) is 15.4. The van der Waals surface area contributed by atoms with Crippen molar-refractivity contribution in [2.75, 3.05) is 5.32 Å². The van der Waals surface area contributed by atoms with Crippen molar-refractivity contribution in [3.05, 3.63) is 63.6 Å². The maximum atomic E-state index is 12.3. The first-order valence-corrected chi connectivity index (χ1v) is 7.72. The van der Waals surface area contributed by atoms with Gasteiger partial charge in [-0.15, -0.1) is 0 Å². The van der Waals surface area contributed by atoms with E-state index in [1.165, 1.54) is 0 Å². The Bertz CT molecular complexity index is 633. The van der Waals surface area contributed by atoms with Crippen molar-refractivity contribution in [3.8, 4) is 0 Å². The molecule has 3 nitrogen and oxygen atoms in total. The number of nitrogens with one attached hydrogen (secondary N) is 1. The molecule has 0 radical (unpaired) electrons. The van der Waals surface area contributed by atoms with Gasteiger partial charge in [-0.25, -0.2) is 0 Å². The standard InChI is InChI=1S/C16H16BrClN2O/c1-10(15(19)11-5-3-2-4-6-11)16(21)20-12-7-8-13(17)14(18)9-12/h2-10,15H,19H2,1H3,(H,20,21). The summed E-state index contributed by atoms with van der Waals surface area (Å²) >= 11 is 9.33. The summed E-state index contributed by atoms with van der Waals surface area (Å²) in [6.07, 6.45) is 0. The van der Waals surface area contributed by atoms with Crippen LogP contribution in [-0.2, 0) is 4.79 Å². The Morgan fingerprint density at radius 3 is 2.52 bits per heavy atom. The Morgan fingerprint density at radius 2 is 1.90 bits per heavy atom. The van der Waals surface area contributed by atoms with Crippen LogP contribution < -0.4 is 11.1 Å². The molecule has 0 aliphatic rings.